The second kappa shape index (κ2) is 7.07. The summed E-state index contributed by atoms with van der Waals surface area (Å²) < 4.78 is 0. The molecule has 23 heavy (non-hydrogen) atoms. The summed E-state index contributed by atoms with van der Waals surface area (Å²) in [6.45, 7) is 9.45. The van der Waals surface area contributed by atoms with Gasteiger partial charge in [-0.15, -0.1) is 0 Å². The fraction of sp³-hybridized carbons (Fsp3) is 0.222. The Hall–Kier alpha value is -2.66. The normalized spacial score (nSPS) is 10.5. The van der Waals surface area contributed by atoms with Crippen LogP contribution in [0, 0.1) is 12.3 Å². The lowest BCUT2D eigenvalue weighted by atomic mass is 9.95. The Kier molecular flexibility index (Phi) is 5.13. The number of benzene rings is 1. The van der Waals surface area contributed by atoms with Gasteiger partial charge in [-0.2, -0.15) is 0 Å². The van der Waals surface area contributed by atoms with Gasteiger partial charge < -0.3 is 16.8 Å². The second-order valence-corrected chi connectivity index (χ2v) is 5.45. The van der Waals surface area contributed by atoms with Gasteiger partial charge in [0.05, 0.1) is 11.4 Å². The maximum absolute atomic E-state index is 8.04. The topological polar surface area (TPSA) is 101 Å². The minimum absolute atomic E-state index is 0.152. The molecule has 0 aliphatic heterocycles. The molecule has 2 aromatic rings. The minimum Gasteiger partial charge on any atom is -0.398 e. The highest BCUT2D eigenvalue weighted by Gasteiger charge is 2.12. The Morgan fingerprint density at radius 2 is 2.09 bits per heavy atom. The predicted molar refractivity (Wildman–Crippen MR) is 96.4 cm³/mol. The Bertz CT molecular complexity index is 749. The molecule has 0 bridgehead atoms. The van der Waals surface area contributed by atoms with E-state index in [0.29, 0.717) is 11.3 Å². The monoisotopic (exact) mass is 309 g/mol. The molecule has 1 aromatic heterocycles. The predicted octanol–water partition coefficient (Wildman–Crippen LogP) is 2.59. The summed E-state index contributed by atoms with van der Waals surface area (Å²) in [6, 6.07) is 5.60. The van der Waals surface area contributed by atoms with Gasteiger partial charge in [-0.1, -0.05) is 19.6 Å². The van der Waals surface area contributed by atoms with Gasteiger partial charge in [-0.05, 0) is 42.3 Å². The Labute approximate surface area is 136 Å². The number of anilines is 1. The van der Waals surface area contributed by atoms with E-state index in [0.717, 1.165) is 35.3 Å². The third-order valence-corrected chi connectivity index (χ3v) is 3.84. The number of rotatable bonds is 6. The fourth-order valence-corrected chi connectivity index (χ4v) is 2.41. The van der Waals surface area contributed by atoms with Crippen LogP contribution in [0.15, 0.2) is 42.9 Å². The SMILES string of the molecule is C=C(N)C(=N)c1cc(-c2cncc(CNCC)c2C)ccc1N. The minimum atomic E-state index is 0.152. The number of pyridine rings is 1. The number of aromatic nitrogens is 1. The van der Waals surface area contributed by atoms with Crippen molar-refractivity contribution in [1.82, 2.24) is 10.3 Å². The first-order chi connectivity index (χ1) is 11.0. The zero-order valence-corrected chi connectivity index (χ0v) is 13.6. The van der Waals surface area contributed by atoms with Crippen LogP contribution in [-0.4, -0.2) is 17.2 Å². The van der Waals surface area contributed by atoms with Gasteiger partial charge in [0.1, 0.15) is 0 Å². The summed E-state index contributed by atoms with van der Waals surface area (Å²) in [5.74, 6) is 0. The molecule has 120 valence electrons. The van der Waals surface area contributed by atoms with Gasteiger partial charge in [0.2, 0.25) is 0 Å². The summed E-state index contributed by atoms with van der Waals surface area (Å²) in [6.07, 6.45) is 3.71. The fourth-order valence-electron chi connectivity index (χ4n) is 2.41. The molecule has 0 unspecified atom stereocenters. The van der Waals surface area contributed by atoms with Gasteiger partial charge in [0, 0.05) is 35.8 Å². The van der Waals surface area contributed by atoms with Crippen LogP contribution in [0.1, 0.15) is 23.6 Å². The maximum Gasteiger partial charge on any atom is 0.0856 e. The van der Waals surface area contributed by atoms with E-state index in [1.165, 1.54) is 0 Å². The van der Waals surface area contributed by atoms with E-state index >= 15 is 0 Å². The highest BCUT2D eigenvalue weighted by atomic mass is 14.8. The van der Waals surface area contributed by atoms with E-state index in [2.05, 4.69) is 30.7 Å². The Morgan fingerprint density at radius 3 is 2.74 bits per heavy atom. The van der Waals surface area contributed by atoms with Crippen molar-refractivity contribution in [3.63, 3.8) is 0 Å². The number of nitrogens with zero attached hydrogens (tertiary/aromatic N) is 1. The quantitative estimate of drug-likeness (QED) is 0.486. The van der Waals surface area contributed by atoms with Crippen LogP contribution in [0.25, 0.3) is 11.1 Å². The second-order valence-electron chi connectivity index (χ2n) is 5.45. The molecule has 0 aliphatic carbocycles. The van der Waals surface area contributed by atoms with Crippen molar-refractivity contribution in [1.29, 1.82) is 5.41 Å². The molecule has 0 saturated heterocycles. The first-order valence-corrected chi connectivity index (χ1v) is 7.53. The third-order valence-electron chi connectivity index (χ3n) is 3.84. The van der Waals surface area contributed by atoms with Crippen LogP contribution in [0.4, 0.5) is 5.69 Å². The van der Waals surface area contributed by atoms with Gasteiger partial charge in [-0.25, -0.2) is 0 Å². The van der Waals surface area contributed by atoms with Crippen molar-refractivity contribution < 1.29 is 0 Å². The summed E-state index contributed by atoms with van der Waals surface area (Å²) in [7, 11) is 0. The number of nitrogens with one attached hydrogen (secondary N) is 2. The smallest absolute Gasteiger partial charge is 0.0856 e. The van der Waals surface area contributed by atoms with Gasteiger partial charge in [-0.3, -0.25) is 10.4 Å². The highest BCUT2D eigenvalue weighted by molar-refractivity contribution is 6.13. The van der Waals surface area contributed by atoms with Crippen molar-refractivity contribution in [3.05, 3.63) is 59.6 Å². The number of nitrogen functional groups attached to an aromatic ring is 1. The van der Waals surface area contributed by atoms with Crippen LogP contribution in [0.2, 0.25) is 0 Å². The summed E-state index contributed by atoms with van der Waals surface area (Å²) >= 11 is 0. The van der Waals surface area contributed by atoms with E-state index in [4.69, 9.17) is 16.9 Å². The van der Waals surface area contributed by atoms with Crippen LogP contribution >= 0.6 is 0 Å². The van der Waals surface area contributed by atoms with Crippen LogP contribution in [0.5, 0.6) is 0 Å². The van der Waals surface area contributed by atoms with Crippen molar-refractivity contribution >= 4 is 11.4 Å². The molecule has 1 aromatic carbocycles. The third kappa shape index (κ3) is 3.57. The van der Waals surface area contributed by atoms with E-state index in [1.807, 2.05) is 24.5 Å². The molecule has 0 atom stereocenters. The van der Waals surface area contributed by atoms with E-state index < -0.39 is 0 Å². The first-order valence-electron chi connectivity index (χ1n) is 7.53. The number of hydrogen-bond donors (Lipinski definition) is 4. The largest absolute Gasteiger partial charge is 0.398 e. The lowest BCUT2D eigenvalue weighted by molar-refractivity contribution is 0.721. The van der Waals surface area contributed by atoms with Crippen molar-refractivity contribution in [2.24, 2.45) is 5.73 Å². The average molecular weight is 309 g/mol. The molecule has 2 rings (SSSR count). The molecular formula is C18H23N5. The number of allylic oxidation sites excluding steroid dienone is 1. The molecule has 1 heterocycles. The van der Waals surface area contributed by atoms with Crippen molar-refractivity contribution in [3.8, 4) is 11.1 Å². The van der Waals surface area contributed by atoms with Crippen molar-refractivity contribution in [2.75, 3.05) is 12.3 Å². The molecule has 0 amide bonds. The molecule has 5 nitrogen and oxygen atoms in total. The first kappa shape index (κ1) is 16.7. The van der Waals surface area contributed by atoms with Crippen molar-refractivity contribution in [2.45, 2.75) is 20.4 Å². The molecule has 0 fully saturated rings. The van der Waals surface area contributed by atoms with E-state index in [9.17, 15) is 0 Å². The van der Waals surface area contributed by atoms with E-state index in [-0.39, 0.29) is 11.4 Å². The summed E-state index contributed by atoms with van der Waals surface area (Å²) in [5.41, 5.74) is 17.4. The molecule has 0 saturated carbocycles. The average Bonchev–Trinajstić information content (AvgIpc) is 2.54. The zero-order valence-electron chi connectivity index (χ0n) is 13.6. The van der Waals surface area contributed by atoms with Gasteiger partial charge >= 0.3 is 0 Å². The maximum atomic E-state index is 8.04. The summed E-state index contributed by atoms with van der Waals surface area (Å²) in [5, 5.41) is 11.4. The van der Waals surface area contributed by atoms with Gasteiger partial charge in [0.15, 0.2) is 0 Å². The lowest BCUT2D eigenvalue weighted by Crippen LogP contribution is -2.13. The Balaban J connectivity index is 2.49. The molecular weight excluding hydrogens is 286 g/mol. The highest BCUT2D eigenvalue weighted by Crippen LogP contribution is 2.28. The standard InChI is InChI=1S/C18H23N5/c1-4-22-8-14-9-23-10-16(11(14)2)13-5-6-17(20)15(7-13)18(21)12(3)19/h5-7,9-10,21-22H,3-4,8,19-20H2,1-2H3. The van der Waals surface area contributed by atoms with E-state index in [1.54, 1.807) is 6.07 Å². The molecule has 0 spiro atoms. The van der Waals surface area contributed by atoms with Crippen LogP contribution < -0.4 is 16.8 Å². The molecule has 0 radical (unpaired) electrons. The van der Waals surface area contributed by atoms with Gasteiger partial charge in [0.25, 0.3) is 0 Å². The lowest BCUT2D eigenvalue weighted by Gasteiger charge is -2.14. The molecule has 6 N–H and O–H groups in total. The van der Waals surface area contributed by atoms with Crippen LogP contribution in [0.3, 0.4) is 0 Å². The Morgan fingerprint density at radius 1 is 1.35 bits per heavy atom. The number of hydrogen-bond acceptors (Lipinski definition) is 5. The molecule has 5 heteroatoms. The van der Waals surface area contributed by atoms with Crippen LogP contribution in [-0.2, 0) is 6.54 Å². The zero-order chi connectivity index (χ0) is 17.0. The molecule has 0 aliphatic rings. The number of nitrogens with two attached hydrogens (primary N) is 2. The summed E-state index contributed by atoms with van der Waals surface area (Å²) in [4.78, 5) is 4.34.